The predicted molar refractivity (Wildman–Crippen MR) is 109 cm³/mol. The Morgan fingerprint density at radius 1 is 1.07 bits per heavy atom. The molecular formula is C21H19ClN4O2. The molecule has 0 atom stereocenters. The first-order chi connectivity index (χ1) is 13.4. The summed E-state index contributed by atoms with van der Waals surface area (Å²) in [5, 5.41) is 3.34. The van der Waals surface area contributed by atoms with Gasteiger partial charge in [-0.25, -0.2) is 4.98 Å². The fourth-order valence-corrected chi connectivity index (χ4v) is 2.96. The molecule has 0 aliphatic heterocycles. The lowest BCUT2D eigenvalue weighted by atomic mass is 9.98. The molecule has 3 rings (SSSR count). The van der Waals surface area contributed by atoms with Crippen LogP contribution < -0.4 is 11.1 Å². The summed E-state index contributed by atoms with van der Waals surface area (Å²) in [4.78, 5) is 32.8. The number of nitrogens with one attached hydrogen (secondary N) is 1. The molecule has 0 aliphatic rings. The Bertz CT molecular complexity index is 1040. The SMILES string of the molecule is CC(C)NC(=O)c1ncc(C(N)=O)cc1-c1ccc(Cl)c(-c2ccccn2)c1. The zero-order valence-corrected chi connectivity index (χ0v) is 16.2. The van der Waals surface area contributed by atoms with Gasteiger partial charge in [-0.2, -0.15) is 0 Å². The topological polar surface area (TPSA) is 98.0 Å². The lowest BCUT2D eigenvalue weighted by molar-refractivity contribution is 0.0936. The summed E-state index contributed by atoms with van der Waals surface area (Å²) >= 11 is 6.36. The highest BCUT2D eigenvalue weighted by molar-refractivity contribution is 6.33. The Balaban J connectivity index is 2.17. The molecule has 2 amide bonds. The Morgan fingerprint density at radius 2 is 1.86 bits per heavy atom. The van der Waals surface area contributed by atoms with Crippen LogP contribution in [0.5, 0.6) is 0 Å². The molecule has 28 heavy (non-hydrogen) atoms. The molecule has 0 unspecified atom stereocenters. The summed E-state index contributed by atoms with van der Waals surface area (Å²) in [7, 11) is 0. The van der Waals surface area contributed by atoms with Crippen LogP contribution in [0.1, 0.15) is 34.7 Å². The molecule has 3 N–H and O–H groups in total. The number of primary amides is 1. The fraction of sp³-hybridized carbons (Fsp3) is 0.143. The number of carbonyl (C=O) groups is 2. The molecular weight excluding hydrogens is 376 g/mol. The molecule has 0 bridgehead atoms. The predicted octanol–water partition coefficient (Wildman–Crippen LogP) is 3.70. The van der Waals surface area contributed by atoms with Gasteiger partial charge in [0.1, 0.15) is 5.69 Å². The van der Waals surface area contributed by atoms with E-state index in [-0.39, 0.29) is 23.2 Å². The number of aromatic nitrogens is 2. The highest BCUT2D eigenvalue weighted by Crippen LogP contribution is 2.33. The maximum atomic E-state index is 12.6. The minimum atomic E-state index is -0.622. The van der Waals surface area contributed by atoms with Crippen molar-refractivity contribution in [2.45, 2.75) is 19.9 Å². The number of nitrogens with zero attached hydrogens (tertiary/aromatic N) is 2. The number of nitrogens with two attached hydrogens (primary N) is 1. The fourth-order valence-electron chi connectivity index (χ4n) is 2.74. The molecule has 6 nitrogen and oxygen atoms in total. The first-order valence-corrected chi connectivity index (χ1v) is 9.06. The monoisotopic (exact) mass is 394 g/mol. The number of carbonyl (C=O) groups excluding carboxylic acids is 2. The van der Waals surface area contributed by atoms with Crippen LogP contribution in [0.2, 0.25) is 5.02 Å². The van der Waals surface area contributed by atoms with Crippen molar-refractivity contribution >= 4 is 23.4 Å². The smallest absolute Gasteiger partial charge is 0.270 e. The molecule has 142 valence electrons. The van der Waals surface area contributed by atoms with Crippen molar-refractivity contribution in [3.8, 4) is 22.4 Å². The van der Waals surface area contributed by atoms with E-state index in [0.29, 0.717) is 27.4 Å². The second-order valence-electron chi connectivity index (χ2n) is 6.52. The molecule has 2 heterocycles. The Kier molecular flexibility index (Phi) is 5.70. The number of pyridine rings is 2. The van der Waals surface area contributed by atoms with E-state index in [0.717, 1.165) is 0 Å². The second kappa shape index (κ2) is 8.19. The van der Waals surface area contributed by atoms with Gasteiger partial charge in [0.2, 0.25) is 5.91 Å². The maximum absolute atomic E-state index is 12.6. The van der Waals surface area contributed by atoms with Gasteiger partial charge < -0.3 is 11.1 Å². The largest absolute Gasteiger partial charge is 0.366 e. The van der Waals surface area contributed by atoms with Crippen LogP contribution in [0, 0.1) is 0 Å². The number of hydrogen-bond acceptors (Lipinski definition) is 4. The van der Waals surface area contributed by atoms with Gasteiger partial charge in [0, 0.05) is 34.6 Å². The van der Waals surface area contributed by atoms with Gasteiger partial charge in [-0.15, -0.1) is 0 Å². The van der Waals surface area contributed by atoms with Crippen molar-refractivity contribution in [1.29, 1.82) is 0 Å². The van der Waals surface area contributed by atoms with Crippen LogP contribution >= 0.6 is 11.6 Å². The molecule has 7 heteroatoms. The van der Waals surface area contributed by atoms with E-state index in [1.807, 2.05) is 38.1 Å². The highest BCUT2D eigenvalue weighted by Gasteiger charge is 2.19. The summed E-state index contributed by atoms with van der Waals surface area (Å²) < 4.78 is 0. The summed E-state index contributed by atoms with van der Waals surface area (Å²) in [6, 6.07) is 12.3. The van der Waals surface area contributed by atoms with E-state index in [2.05, 4.69) is 15.3 Å². The van der Waals surface area contributed by atoms with Crippen LogP contribution in [0.4, 0.5) is 0 Å². The lowest BCUT2D eigenvalue weighted by Crippen LogP contribution is -2.31. The number of rotatable bonds is 5. The third-order valence-electron chi connectivity index (χ3n) is 4.03. The standard InChI is InChI=1S/C21H19ClN4O2/c1-12(2)26-21(28)19-15(10-14(11-25-19)20(23)27)13-6-7-17(22)16(9-13)18-5-3-4-8-24-18/h3-12H,1-2H3,(H2,23,27)(H,26,28). The maximum Gasteiger partial charge on any atom is 0.270 e. The minimum absolute atomic E-state index is 0.0627. The van der Waals surface area contributed by atoms with Gasteiger partial charge in [0.25, 0.3) is 5.91 Å². The average molecular weight is 395 g/mol. The van der Waals surface area contributed by atoms with Crippen molar-refractivity contribution in [2.75, 3.05) is 0 Å². The van der Waals surface area contributed by atoms with Gasteiger partial charge in [0.15, 0.2) is 0 Å². The Morgan fingerprint density at radius 3 is 2.50 bits per heavy atom. The highest BCUT2D eigenvalue weighted by atomic mass is 35.5. The Labute approximate surface area is 167 Å². The second-order valence-corrected chi connectivity index (χ2v) is 6.93. The van der Waals surface area contributed by atoms with E-state index >= 15 is 0 Å². The molecule has 0 saturated heterocycles. The van der Waals surface area contributed by atoms with Gasteiger partial charge in [-0.05, 0) is 49.7 Å². The Hall–Kier alpha value is -3.25. The van der Waals surface area contributed by atoms with Crippen LogP contribution in [-0.2, 0) is 0 Å². The van der Waals surface area contributed by atoms with Gasteiger partial charge in [-0.1, -0.05) is 23.7 Å². The molecule has 2 aromatic heterocycles. The van der Waals surface area contributed by atoms with Crippen molar-refractivity contribution in [2.24, 2.45) is 5.73 Å². The molecule has 1 aromatic carbocycles. The van der Waals surface area contributed by atoms with Gasteiger partial charge in [0.05, 0.1) is 11.3 Å². The average Bonchev–Trinajstić information content (AvgIpc) is 2.68. The molecule has 3 aromatic rings. The van der Waals surface area contributed by atoms with E-state index in [1.54, 1.807) is 24.4 Å². The normalized spacial score (nSPS) is 10.7. The van der Waals surface area contributed by atoms with Crippen LogP contribution in [0.15, 0.2) is 54.9 Å². The third-order valence-corrected chi connectivity index (χ3v) is 4.35. The van der Waals surface area contributed by atoms with Crippen LogP contribution in [-0.4, -0.2) is 27.8 Å². The minimum Gasteiger partial charge on any atom is -0.366 e. The van der Waals surface area contributed by atoms with E-state index in [9.17, 15) is 9.59 Å². The van der Waals surface area contributed by atoms with Crippen LogP contribution in [0.3, 0.4) is 0 Å². The van der Waals surface area contributed by atoms with Crippen LogP contribution in [0.25, 0.3) is 22.4 Å². The number of amides is 2. The number of hydrogen-bond donors (Lipinski definition) is 2. The van der Waals surface area contributed by atoms with E-state index in [4.69, 9.17) is 17.3 Å². The first-order valence-electron chi connectivity index (χ1n) is 8.69. The van der Waals surface area contributed by atoms with Gasteiger partial charge in [-0.3, -0.25) is 14.6 Å². The van der Waals surface area contributed by atoms with E-state index in [1.165, 1.54) is 6.20 Å². The quantitative estimate of drug-likeness (QED) is 0.689. The summed E-state index contributed by atoms with van der Waals surface area (Å²) in [5.74, 6) is -0.959. The molecule has 0 spiro atoms. The van der Waals surface area contributed by atoms with Crippen molar-refractivity contribution in [3.05, 3.63) is 71.1 Å². The zero-order chi connectivity index (χ0) is 20.3. The van der Waals surface area contributed by atoms with Crippen molar-refractivity contribution in [3.63, 3.8) is 0 Å². The lowest BCUT2D eigenvalue weighted by Gasteiger charge is -2.14. The molecule has 0 aliphatic carbocycles. The molecule has 0 saturated carbocycles. The summed E-state index contributed by atoms with van der Waals surface area (Å²) in [6.45, 7) is 3.72. The van der Waals surface area contributed by atoms with E-state index < -0.39 is 5.91 Å². The van der Waals surface area contributed by atoms with Gasteiger partial charge >= 0.3 is 0 Å². The molecule has 0 fully saturated rings. The van der Waals surface area contributed by atoms with Crippen molar-refractivity contribution in [1.82, 2.24) is 15.3 Å². The molecule has 0 radical (unpaired) electrons. The number of benzene rings is 1. The summed E-state index contributed by atoms with van der Waals surface area (Å²) in [6.07, 6.45) is 2.98. The summed E-state index contributed by atoms with van der Waals surface area (Å²) in [5.41, 5.74) is 8.39. The number of halogens is 1. The zero-order valence-electron chi connectivity index (χ0n) is 15.4. The van der Waals surface area contributed by atoms with Crippen molar-refractivity contribution < 1.29 is 9.59 Å². The third kappa shape index (κ3) is 4.18. The first kappa shape index (κ1) is 19.5.